The smallest absolute Gasteiger partial charge is 0.0279 e. The molecular weight excluding hydrogens is 312 g/mol. The van der Waals surface area contributed by atoms with E-state index in [0.29, 0.717) is 0 Å². The summed E-state index contributed by atoms with van der Waals surface area (Å²) >= 11 is 0. The lowest BCUT2D eigenvalue weighted by atomic mass is 10.0. The highest BCUT2D eigenvalue weighted by Crippen LogP contribution is 2.13. The number of benzene rings is 3. The summed E-state index contributed by atoms with van der Waals surface area (Å²) in [6, 6.07) is 30.9. The van der Waals surface area contributed by atoms with Crippen LogP contribution in [0.25, 0.3) is 0 Å². The minimum Gasteiger partial charge on any atom is -0.0622 e. The third-order valence-corrected chi connectivity index (χ3v) is 5.07. The molecule has 0 unspecified atom stereocenters. The van der Waals surface area contributed by atoms with Crippen LogP contribution in [0.4, 0.5) is 0 Å². The summed E-state index contributed by atoms with van der Waals surface area (Å²) in [7, 11) is 0. The van der Waals surface area contributed by atoms with E-state index < -0.39 is 0 Å². The molecule has 0 heteroatoms. The van der Waals surface area contributed by atoms with E-state index in [1.54, 1.807) is 0 Å². The standard InChI is InChI=1S/C26H30/c1-3-11-23(12-4-1)15-7-9-17-25-19-21-26(22-20-25)18-10-8-16-24-13-5-2-6-14-24/h1-6,11-14,19-22H,7-10,15-18H2. The second kappa shape index (κ2) is 10.6. The van der Waals surface area contributed by atoms with Gasteiger partial charge in [0.15, 0.2) is 0 Å². The second-order valence-corrected chi connectivity index (χ2v) is 7.20. The monoisotopic (exact) mass is 342 g/mol. The molecule has 0 aliphatic carbocycles. The third kappa shape index (κ3) is 6.52. The van der Waals surface area contributed by atoms with Gasteiger partial charge in [0.05, 0.1) is 0 Å². The van der Waals surface area contributed by atoms with Gasteiger partial charge in [-0.25, -0.2) is 0 Å². The SMILES string of the molecule is c1ccc(CCCCc2ccc(CCCCc3ccccc3)cc2)cc1. The van der Waals surface area contributed by atoms with E-state index in [-0.39, 0.29) is 0 Å². The maximum atomic E-state index is 2.33. The number of aryl methyl sites for hydroxylation is 4. The van der Waals surface area contributed by atoms with Gasteiger partial charge in [-0.15, -0.1) is 0 Å². The predicted octanol–water partition coefficient (Wildman–Crippen LogP) is 6.82. The van der Waals surface area contributed by atoms with Crippen LogP contribution in [0.15, 0.2) is 84.9 Å². The lowest BCUT2D eigenvalue weighted by Crippen LogP contribution is -1.92. The van der Waals surface area contributed by atoms with Crippen molar-refractivity contribution in [1.82, 2.24) is 0 Å². The third-order valence-electron chi connectivity index (χ3n) is 5.07. The van der Waals surface area contributed by atoms with Crippen LogP contribution in [0.1, 0.15) is 47.9 Å². The van der Waals surface area contributed by atoms with Crippen molar-refractivity contribution >= 4 is 0 Å². The Bertz CT molecular complexity index is 660. The number of hydrogen-bond donors (Lipinski definition) is 0. The molecule has 0 spiro atoms. The fourth-order valence-corrected chi connectivity index (χ4v) is 3.48. The first-order valence-electron chi connectivity index (χ1n) is 10.1. The zero-order valence-corrected chi connectivity index (χ0v) is 15.7. The van der Waals surface area contributed by atoms with Gasteiger partial charge in [-0.1, -0.05) is 84.9 Å². The highest BCUT2D eigenvalue weighted by Gasteiger charge is 1.98. The molecule has 26 heavy (non-hydrogen) atoms. The van der Waals surface area contributed by atoms with Crippen molar-refractivity contribution < 1.29 is 0 Å². The molecule has 0 aliphatic rings. The Morgan fingerprint density at radius 2 is 0.577 bits per heavy atom. The van der Waals surface area contributed by atoms with Crippen LogP contribution < -0.4 is 0 Å². The van der Waals surface area contributed by atoms with E-state index in [9.17, 15) is 0 Å². The summed E-state index contributed by atoms with van der Waals surface area (Å²) in [6.07, 6.45) is 9.86. The van der Waals surface area contributed by atoms with Gasteiger partial charge in [0.1, 0.15) is 0 Å². The molecule has 3 rings (SSSR count). The van der Waals surface area contributed by atoms with Crippen molar-refractivity contribution in [2.24, 2.45) is 0 Å². The minimum atomic E-state index is 1.19. The van der Waals surface area contributed by atoms with Gasteiger partial charge in [-0.05, 0) is 73.6 Å². The van der Waals surface area contributed by atoms with Crippen molar-refractivity contribution in [2.45, 2.75) is 51.4 Å². The van der Waals surface area contributed by atoms with Crippen molar-refractivity contribution in [3.8, 4) is 0 Å². The molecule has 0 amide bonds. The van der Waals surface area contributed by atoms with Crippen LogP contribution in [-0.2, 0) is 25.7 Å². The normalized spacial score (nSPS) is 10.8. The Labute approximate surface area is 158 Å². The predicted molar refractivity (Wildman–Crippen MR) is 113 cm³/mol. The molecule has 0 fully saturated rings. The van der Waals surface area contributed by atoms with Crippen LogP contribution in [-0.4, -0.2) is 0 Å². The largest absolute Gasteiger partial charge is 0.0622 e. The molecule has 0 atom stereocenters. The fourth-order valence-electron chi connectivity index (χ4n) is 3.48. The van der Waals surface area contributed by atoms with Crippen LogP contribution in [0, 0.1) is 0 Å². The molecule has 0 N–H and O–H groups in total. The van der Waals surface area contributed by atoms with Crippen molar-refractivity contribution in [1.29, 1.82) is 0 Å². The zero-order chi connectivity index (χ0) is 17.9. The summed E-state index contributed by atoms with van der Waals surface area (Å²) in [6.45, 7) is 0. The molecule has 0 nitrogen and oxygen atoms in total. The van der Waals surface area contributed by atoms with Crippen LogP contribution in [0.5, 0.6) is 0 Å². The molecule has 3 aromatic rings. The van der Waals surface area contributed by atoms with E-state index in [2.05, 4.69) is 84.9 Å². The number of hydrogen-bond acceptors (Lipinski definition) is 0. The molecule has 0 saturated carbocycles. The quantitative estimate of drug-likeness (QED) is 0.355. The van der Waals surface area contributed by atoms with E-state index in [1.807, 2.05) is 0 Å². The maximum Gasteiger partial charge on any atom is -0.0279 e. The highest BCUT2D eigenvalue weighted by molar-refractivity contribution is 5.23. The van der Waals surface area contributed by atoms with E-state index in [1.165, 1.54) is 73.6 Å². The summed E-state index contributed by atoms with van der Waals surface area (Å²) in [5.74, 6) is 0. The van der Waals surface area contributed by atoms with E-state index in [4.69, 9.17) is 0 Å². The van der Waals surface area contributed by atoms with Crippen molar-refractivity contribution in [2.75, 3.05) is 0 Å². The lowest BCUT2D eigenvalue weighted by Gasteiger charge is -2.06. The van der Waals surface area contributed by atoms with Gasteiger partial charge in [0, 0.05) is 0 Å². The topological polar surface area (TPSA) is 0 Å². The first kappa shape index (κ1) is 18.5. The second-order valence-electron chi connectivity index (χ2n) is 7.20. The van der Waals surface area contributed by atoms with E-state index >= 15 is 0 Å². The maximum absolute atomic E-state index is 2.33. The molecule has 0 heterocycles. The fraction of sp³-hybridized carbons (Fsp3) is 0.308. The van der Waals surface area contributed by atoms with Crippen LogP contribution in [0.2, 0.25) is 0 Å². The summed E-state index contributed by atoms with van der Waals surface area (Å²) in [5, 5.41) is 0. The Balaban J connectivity index is 1.31. The van der Waals surface area contributed by atoms with Gasteiger partial charge in [-0.2, -0.15) is 0 Å². The van der Waals surface area contributed by atoms with Crippen LogP contribution >= 0.6 is 0 Å². The highest BCUT2D eigenvalue weighted by atomic mass is 14.0. The Morgan fingerprint density at radius 1 is 0.308 bits per heavy atom. The number of rotatable bonds is 10. The first-order valence-corrected chi connectivity index (χ1v) is 10.1. The molecule has 134 valence electrons. The summed E-state index contributed by atoms with van der Waals surface area (Å²) in [4.78, 5) is 0. The van der Waals surface area contributed by atoms with Gasteiger partial charge >= 0.3 is 0 Å². The van der Waals surface area contributed by atoms with E-state index in [0.717, 1.165) is 0 Å². The minimum absolute atomic E-state index is 1.19. The molecular formula is C26H30. The van der Waals surface area contributed by atoms with Crippen molar-refractivity contribution in [3.05, 3.63) is 107 Å². The Morgan fingerprint density at radius 3 is 0.885 bits per heavy atom. The van der Waals surface area contributed by atoms with Crippen LogP contribution in [0.3, 0.4) is 0 Å². The average Bonchev–Trinajstić information content (AvgIpc) is 2.71. The first-order chi connectivity index (χ1) is 12.9. The molecule has 0 radical (unpaired) electrons. The summed E-state index contributed by atoms with van der Waals surface area (Å²) < 4.78 is 0. The summed E-state index contributed by atoms with van der Waals surface area (Å²) in [5.41, 5.74) is 5.87. The van der Waals surface area contributed by atoms with Gasteiger partial charge in [-0.3, -0.25) is 0 Å². The molecule has 0 aromatic heterocycles. The molecule has 0 bridgehead atoms. The lowest BCUT2D eigenvalue weighted by molar-refractivity contribution is 0.728. The molecule has 0 aliphatic heterocycles. The van der Waals surface area contributed by atoms with Gasteiger partial charge in [0.2, 0.25) is 0 Å². The van der Waals surface area contributed by atoms with Crippen molar-refractivity contribution in [3.63, 3.8) is 0 Å². The Hall–Kier alpha value is -2.34. The molecule has 3 aromatic carbocycles. The molecule has 0 saturated heterocycles. The Kier molecular flexibility index (Phi) is 7.53. The average molecular weight is 343 g/mol. The van der Waals surface area contributed by atoms with Gasteiger partial charge in [0.25, 0.3) is 0 Å². The zero-order valence-electron chi connectivity index (χ0n) is 15.7. The number of unbranched alkanes of at least 4 members (excludes halogenated alkanes) is 2. The van der Waals surface area contributed by atoms with Gasteiger partial charge < -0.3 is 0 Å².